The molecule has 5 nitrogen and oxygen atoms in total. The van der Waals surface area contributed by atoms with E-state index in [0.29, 0.717) is 6.29 Å². The molecule has 2 N–H and O–H groups in total. The number of phenolic OH excluding ortho intramolecular Hbond substituents is 1. The molecule has 0 bridgehead atoms. The summed E-state index contributed by atoms with van der Waals surface area (Å²) in [5.74, 6) is -0.0466. The van der Waals surface area contributed by atoms with Gasteiger partial charge in [-0.3, -0.25) is 4.79 Å². The Morgan fingerprint density at radius 3 is 2.30 bits per heavy atom. The lowest BCUT2D eigenvalue weighted by atomic mass is 9.98. The van der Waals surface area contributed by atoms with Gasteiger partial charge in [0.05, 0.1) is 5.56 Å². The smallest absolute Gasteiger partial charge is 0.407 e. The average Bonchev–Trinajstić information content (AvgIpc) is 3.09. The van der Waals surface area contributed by atoms with E-state index in [9.17, 15) is 14.7 Å². The monoisotopic (exact) mass is 399 g/mol. The number of rotatable bonds is 6. The van der Waals surface area contributed by atoms with Gasteiger partial charge in [0.25, 0.3) is 0 Å². The molecule has 5 heteroatoms. The van der Waals surface area contributed by atoms with Gasteiger partial charge in [-0.05, 0) is 39.9 Å². The Labute approximate surface area is 174 Å². The highest BCUT2D eigenvalue weighted by Crippen LogP contribution is 2.44. The molecule has 0 saturated heterocycles. The van der Waals surface area contributed by atoms with Crippen molar-refractivity contribution < 1.29 is 19.4 Å². The summed E-state index contributed by atoms with van der Waals surface area (Å²) in [5, 5.41) is 12.4. The fraction of sp³-hybridized carbons (Fsp3) is 0.120. The maximum atomic E-state index is 12.1. The third kappa shape index (κ3) is 3.96. The molecule has 1 amide bonds. The molecule has 1 aliphatic rings. The first-order chi connectivity index (χ1) is 14.7. The van der Waals surface area contributed by atoms with Crippen molar-refractivity contribution in [2.45, 2.75) is 5.92 Å². The molecule has 0 unspecified atom stereocenters. The molecule has 0 saturated carbocycles. The molecule has 0 atom stereocenters. The van der Waals surface area contributed by atoms with E-state index in [4.69, 9.17) is 4.74 Å². The molecule has 0 heterocycles. The number of aromatic hydroxyl groups is 1. The summed E-state index contributed by atoms with van der Waals surface area (Å²) in [5.41, 5.74) is 5.69. The van der Waals surface area contributed by atoms with Gasteiger partial charge in [0, 0.05) is 12.5 Å². The van der Waals surface area contributed by atoms with E-state index >= 15 is 0 Å². The molecule has 3 aromatic rings. The lowest BCUT2D eigenvalue weighted by Gasteiger charge is -2.14. The maximum Gasteiger partial charge on any atom is 0.407 e. The fourth-order valence-electron chi connectivity index (χ4n) is 3.75. The van der Waals surface area contributed by atoms with E-state index in [1.807, 2.05) is 24.3 Å². The number of hydrogen-bond donors (Lipinski definition) is 2. The van der Waals surface area contributed by atoms with E-state index in [-0.39, 0.29) is 30.4 Å². The summed E-state index contributed by atoms with van der Waals surface area (Å²) >= 11 is 0. The minimum absolute atomic E-state index is 0.0259. The Balaban J connectivity index is 1.32. The Bertz CT molecular complexity index is 1070. The van der Waals surface area contributed by atoms with Crippen molar-refractivity contribution >= 4 is 18.5 Å². The van der Waals surface area contributed by atoms with Gasteiger partial charge in [-0.1, -0.05) is 66.7 Å². The normalized spacial score (nSPS) is 12.4. The van der Waals surface area contributed by atoms with E-state index in [1.165, 1.54) is 28.3 Å². The summed E-state index contributed by atoms with van der Waals surface area (Å²) < 4.78 is 5.48. The van der Waals surface area contributed by atoms with Gasteiger partial charge in [-0.2, -0.15) is 0 Å². The zero-order valence-electron chi connectivity index (χ0n) is 16.2. The molecular formula is C25H21NO4. The van der Waals surface area contributed by atoms with E-state index in [2.05, 4.69) is 29.6 Å². The molecule has 0 spiro atoms. The van der Waals surface area contributed by atoms with Gasteiger partial charge in [0.15, 0.2) is 6.29 Å². The number of benzene rings is 3. The minimum atomic E-state index is -0.485. The van der Waals surface area contributed by atoms with Crippen molar-refractivity contribution in [1.29, 1.82) is 0 Å². The molecule has 3 aromatic carbocycles. The largest absolute Gasteiger partial charge is 0.507 e. The minimum Gasteiger partial charge on any atom is -0.507 e. The van der Waals surface area contributed by atoms with Crippen molar-refractivity contribution in [3.05, 3.63) is 95.1 Å². The Morgan fingerprint density at radius 2 is 1.67 bits per heavy atom. The van der Waals surface area contributed by atoms with Crippen molar-refractivity contribution in [3.63, 3.8) is 0 Å². The quantitative estimate of drug-likeness (QED) is 0.586. The lowest BCUT2D eigenvalue weighted by molar-refractivity contribution is 0.112. The number of ether oxygens (including phenoxy) is 1. The number of fused-ring (bicyclic) bond motifs is 3. The van der Waals surface area contributed by atoms with Crippen LogP contribution in [0, 0.1) is 0 Å². The molecule has 4 rings (SSSR count). The first-order valence-electron chi connectivity index (χ1n) is 9.71. The predicted octanol–water partition coefficient (Wildman–Crippen LogP) is 4.76. The van der Waals surface area contributed by atoms with Gasteiger partial charge in [-0.15, -0.1) is 0 Å². The van der Waals surface area contributed by atoms with Crippen LogP contribution in [0.4, 0.5) is 4.79 Å². The van der Waals surface area contributed by atoms with Gasteiger partial charge >= 0.3 is 6.09 Å². The van der Waals surface area contributed by atoms with Crippen LogP contribution in [0.2, 0.25) is 0 Å². The number of phenols is 1. The van der Waals surface area contributed by atoms with Crippen LogP contribution in [0.15, 0.2) is 72.8 Å². The summed E-state index contributed by atoms with van der Waals surface area (Å²) in [4.78, 5) is 22.9. The first-order valence-corrected chi connectivity index (χ1v) is 9.71. The Kier molecular flexibility index (Phi) is 5.61. The van der Waals surface area contributed by atoms with Crippen LogP contribution in [0.25, 0.3) is 17.2 Å². The molecule has 0 aromatic heterocycles. The molecular weight excluding hydrogens is 378 g/mol. The van der Waals surface area contributed by atoms with Crippen molar-refractivity contribution in [2.75, 3.05) is 13.2 Å². The van der Waals surface area contributed by atoms with Crippen molar-refractivity contribution in [1.82, 2.24) is 5.32 Å². The highest BCUT2D eigenvalue weighted by Gasteiger charge is 2.28. The number of nitrogens with one attached hydrogen (secondary N) is 1. The molecule has 150 valence electrons. The van der Waals surface area contributed by atoms with E-state index in [0.717, 1.165) is 5.56 Å². The number of alkyl carbamates (subject to hydrolysis) is 1. The predicted molar refractivity (Wildman–Crippen MR) is 116 cm³/mol. The van der Waals surface area contributed by atoms with Crippen molar-refractivity contribution in [2.24, 2.45) is 0 Å². The molecule has 0 aliphatic heterocycles. The first kappa shape index (κ1) is 19.5. The third-order valence-electron chi connectivity index (χ3n) is 5.20. The lowest BCUT2D eigenvalue weighted by Crippen LogP contribution is -2.26. The number of hydrogen-bond acceptors (Lipinski definition) is 4. The molecule has 0 fully saturated rings. The van der Waals surface area contributed by atoms with Crippen LogP contribution in [0.5, 0.6) is 5.75 Å². The zero-order valence-corrected chi connectivity index (χ0v) is 16.2. The van der Waals surface area contributed by atoms with Crippen LogP contribution in [-0.2, 0) is 4.74 Å². The second-order valence-corrected chi connectivity index (χ2v) is 7.04. The summed E-state index contributed by atoms with van der Waals surface area (Å²) in [7, 11) is 0. The van der Waals surface area contributed by atoms with Crippen LogP contribution in [0.3, 0.4) is 0 Å². The number of carbonyl (C=O) groups excluding carboxylic acids is 2. The standard InChI is InChI=1S/C25H21NO4/c27-15-18-12-11-17(14-24(18)28)6-5-13-26-25(29)30-16-23-21-9-3-1-7-19(21)20-8-2-4-10-22(20)23/h1-12,14-15,23,28H,13,16H2,(H,26,29). The highest BCUT2D eigenvalue weighted by molar-refractivity contribution is 5.80. The average molecular weight is 399 g/mol. The van der Waals surface area contributed by atoms with E-state index in [1.54, 1.807) is 24.3 Å². The van der Waals surface area contributed by atoms with Gasteiger partial charge in [-0.25, -0.2) is 4.79 Å². The third-order valence-corrected chi connectivity index (χ3v) is 5.20. The van der Waals surface area contributed by atoms with Gasteiger partial charge in [0.1, 0.15) is 12.4 Å². The zero-order chi connectivity index (χ0) is 20.9. The van der Waals surface area contributed by atoms with Gasteiger partial charge in [0.2, 0.25) is 0 Å². The summed E-state index contributed by atoms with van der Waals surface area (Å²) in [6, 6.07) is 21.1. The van der Waals surface area contributed by atoms with E-state index < -0.39 is 6.09 Å². The van der Waals surface area contributed by atoms with Crippen LogP contribution >= 0.6 is 0 Å². The van der Waals surface area contributed by atoms with Gasteiger partial charge < -0.3 is 15.2 Å². The maximum absolute atomic E-state index is 12.1. The second kappa shape index (κ2) is 8.66. The van der Waals surface area contributed by atoms with Crippen LogP contribution in [0.1, 0.15) is 33.0 Å². The van der Waals surface area contributed by atoms with Crippen molar-refractivity contribution in [3.8, 4) is 16.9 Å². The Hall–Kier alpha value is -3.86. The SMILES string of the molecule is O=Cc1ccc(C=CCNC(=O)OCC2c3ccccc3-c3ccccc32)cc1O. The van der Waals surface area contributed by atoms with Crippen LogP contribution in [-0.4, -0.2) is 30.6 Å². The Morgan fingerprint density at radius 1 is 1.00 bits per heavy atom. The highest BCUT2D eigenvalue weighted by atomic mass is 16.5. The summed E-state index contributed by atoms with van der Waals surface area (Å²) in [6.07, 6.45) is 3.61. The fourth-order valence-corrected chi connectivity index (χ4v) is 3.75. The van der Waals surface area contributed by atoms with Crippen LogP contribution < -0.4 is 5.32 Å². The number of aldehydes is 1. The summed E-state index contributed by atoms with van der Waals surface area (Å²) in [6.45, 7) is 0.553. The molecule has 1 aliphatic carbocycles. The molecule has 30 heavy (non-hydrogen) atoms. The topological polar surface area (TPSA) is 75.6 Å². The second-order valence-electron chi connectivity index (χ2n) is 7.04. The number of carbonyl (C=O) groups is 2. The number of amides is 1. The molecule has 0 radical (unpaired) electrons.